The van der Waals surface area contributed by atoms with Crippen LogP contribution in [0.5, 0.6) is 5.75 Å². The van der Waals surface area contributed by atoms with E-state index in [-0.39, 0.29) is 23.4 Å². The van der Waals surface area contributed by atoms with Crippen molar-refractivity contribution in [2.75, 3.05) is 5.73 Å². The first kappa shape index (κ1) is 15.5. The number of rotatable bonds is 1. The first-order chi connectivity index (χ1) is 13.1. The van der Waals surface area contributed by atoms with Gasteiger partial charge in [-0.05, 0) is 24.3 Å². The van der Waals surface area contributed by atoms with Gasteiger partial charge in [0, 0.05) is 5.39 Å². The number of para-hydroxylation sites is 2. The van der Waals surface area contributed by atoms with Crippen molar-refractivity contribution in [1.82, 2.24) is 0 Å². The van der Waals surface area contributed by atoms with Crippen LogP contribution >= 0.6 is 0 Å². The standard InChI is InChI=1S/C21H13NO5/c22-18-14-10-25-16-8-4-2-6-12(16)19(14)27-21(24)17(18)13-9-11-5-1-3-7-15(11)26-20(13)23/h1-9H,10,22H2. The number of hydrogen-bond acceptors (Lipinski definition) is 6. The van der Waals surface area contributed by atoms with Crippen molar-refractivity contribution < 1.29 is 13.6 Å². The Balaban J connectivity index is 1.80. The molecule has 5 rings (SSSR count). The normalized spacial score (nSPS) is 12.3. The highest BCUT2D eigenvalue weighted by Crippen LogP contribution is 2.40. The molecule has 6 heteroatoms. The minimum atomic E-state index is -0.689. The molecule has 0 atom stereocenters. The summed E-state index contributed by atoms with van der Waals surface area (Å²) in [5, 5.41) is 0.685. The second kappa shape index (κ2) is 5.60. The Hall–Kier alpha value is -3.80. The fraction of sp³-hybridized carbons (Fsp3) is 0.0476. The number of fused-ring (bicyclic) bond motifs is 4. The molecule has 132 valence electrons. The summed E-state index contributed by atoms with van der Waals surface area (Å²) in [6.45, 7) is 0.147. The van der Waals surface area contributed by atoms with Crippen molar-refractivity contribution in [3.63, 3.8) is 0 Å². The maximum Gasteiger partial charge on any atom is 0.346 e. The summed E-state index contributed by atoms with van der Waals surface area (Å²) in [7, 11) is 0. The summed E-state index contributed by atoms with van der Waals surface area (Å²) in [5.74, 6) is 0.985. The molecule has 0 amide bonds. The molecule has 27 heavy (non-hydrogen) atoms. The number of nitrogen functional groups attached to an aromatic ring is 1. The molecule has 2 aromatic heterocycles. The van der Waals surface area contributed by atoms with E-state index in [1.165, 1.54) is 0 Å². The average Bonchev–Trinajstić information content (AvgIpc) is 2.68. The van der Waals surface area contributed by atoms with Crippen LogP contribution in [0.25, 0.3) is 33.4 Å². The summed E-state index contributed by atoms with van der Waals surface area (Å²) in [6, 6.07) is 15.9. The molecule has 0 bridgehead atoms. The Morgan fingerprint density at radius 3 is 2.52 bits per heavy atom. The van der Waals surface area contributed by atoms with Crippen LogP contribution in [0.15, 0.2) is 73.0 Å². The highest BCUT2D eigenvalue weighted by atomic mass is 16.5. The van der Waals surface area contributed by atoms with Crippen molar-refractivity contribution in [3.8, 4) is 28.2 Å². The molecule has 0 spiro atoms. The van der Waals surface area contributed by atoms with E-state index in [1.54, 1.807) is 36.4 Å². The summed E-state index contributed by atoms with van der Waals surface area (Å²) in [5.41, 5.74) is 6.81. The van der Waals surface area contributed by atoms with E-state index in [2.05, 4.69) is 0 Å². The molecular formula is C21H13NO5. The van der Waals surface area contributed by atoms with Gasteiger partial charge in [-0.25, -0.2) is 9.59 Å². The van der Waals surface area contributed by atoms with E-state index in [0.717, 1.165) is 0 Å². The summed E-state index contributed by atoms with van der Waals surface area (Å²) in [6.07, 6.45) is 0. The van der Waals surface area contributed by atoms with Gasteiger partial charge in [-0.1, -0.05) is 30.3 Å². The zero-order valence-corrected chi connectivity index (χ0v) is 14.0. The van der Waals surface area contributed by atoms with Gasteiger partial charge in [-0.15, -0.1) is 0 Å². The lowest BCUT2D eigenvalue weighted by Crippen LogP contribution is -2.18. The molecule has 6 nitrogen and oxygen atoms in total. The first-order valence-corrected chi connectivity index (χ1v) is 8.34. The van der Waals surface area contributed by atoms with Crippen LogP contribution in [0.3, 0.4) is 0 Å². The number of benzene rings is 2. The van der Waals surface area contributed by atoms with Crippen LogP contribution in [0.2, 0.25) is 0 Å². The van der Waals surface area contributed by atoms with Gasteiger partial charge >= 0.3 is 11.3 Å². The predicted molar refractivity (Wildman–Crippen MR) is 101 cm³/mol. The molecule has 2 aromatic carbocycles. The van der Waals surface area contributed by atoms with Gasteiger partial charge in [0.15, 0.2) is 5.76 Å². The molecule has 4 aromatic rings. The Morgan fingerprint density at radius 2 is 1.63 bits per heavy atom. The van der Waals surface area contributed by atoms with Crippen LogP contribution in [-0.2, 0) is 6.61 Å². The quantitative estimate of drug-likeness (QED) is 0.522. The van der Waals surface area contributed by atoms with Gasteiger partial charge in [0.05, 0.1) is 27.9 Å². The maximum absolute atomic E-state index is 12.7. The smallest absolute Gasteiger partial charge is 0.346 e. The molecule has 3 heterocycles. The van der Waals surface area contributed by atoms with Crippen molar-refractivity contribution in [1.29, 1.82) is 0 Å². The third kappa shape index (κ3) is 2.27. The van der Waals surface area contributed by atoms with Crippen LogP contribution in [0, 0.1) is 0 Å². The van der Waals surface area contributed by atoms with Gasteiger partial charge in [0.25, 0.3) is 0 Å². The zero-order valence-electron chi connectivity index (χ0n) is 14.0. The van der Waals surface area contributed by atoms with Gasteiger partial charge in [0.1, 0.15) is 17.9 Å². The molecule has 0 saturated carbocycles. The molecule has 0 saturated heterocycles. The van der Waals surface area contributed by atoms with E-state index in [4.69, 9.17) is 19.3 Å². The first-order valence-electron chi connectivity index (χ1n) is 8.34. The molecule has 1 aliphatic heterocycles. The SMILES string of the molecule is Nc1c2c(oc(=O)c1-c1cc3ccccc3oc1=O)-c1ccccc1OC2. The third-order valence-corrected chi connectivity index (χ3v) is 4.68. The van der Waals surface area contributed by atoms with E-state index in [0.29, 0.717) is 33.6 Å². The van der Waals surface area contributed by atoms with Gasteiger partial charge in [-0.2, -0.15) is 0 Å². The summed E-state index contributed by atoms with van der Waals surface area (Å²) >= 11 is 0. The van der Waals surface area contributed by atoms with Gasteiger partial charge < -0.3 is 19.3 Å². The lowest BCUT2D eigenvalue weighted by atomic mass is 9.98. The number of ether oxygens (including phenoxy) is 1. The topological polar surface area (TPSA) is 95.7 Å². The van der Waals surface area contributed by atoms with E-state index in [1.807, 2.05) is 18.2 Å². The Bertz CT molecular complexity index is 1330. The lowest BCUT2D eigenvalue weighted by molar-refractivity contribution is 0.295. The fourth-order valence-corrected chi connectivity index (χ4v) is 3.37. The average molecular weight is 359 g/mol. The third-order valence-electron chi connectivity index (χ3n) is 4.68. The van der Waals surface area contributed by atoms with Crippen molar-refractivity contribution in [3.05, 3.63) is 81.0 Å². The summed E-state index contributed by atoms with van der Waals surface area (Å²) in [4.78, 5) is 25.2. The maximum atomic E-state index is 12.7. The second-order valence-electron chi connectivity index (χ2n) is 6.26. The Labute approximate surface area is 152 Å². The van der Waals surface area contributed by atoms with Crippen LogP contribution in [-0.4, -0.2) is 0 Å². The van der Waals surface area contributed by atoms with Gasteiger partial charge in [0.2, 0.25) is 0 Å². The van der Waals surface area contributed by atoms with Gasteiger partial charge in [-0.3, -0.25) is 0 Å². The molecule has 2 N–H and O–H groups in total. The van der Waals surface area contributed by atoms with Crippen LogP contribution < -0.4 is 21.7 Å². The zero-order chi connectivity index (χ0) is 18.5. The number of nitrogens with two attached hydrogens (primary N) is 1. The van der Waals surface area contributed by atoms with Crippen molar-refractivity contribution >= 4 is 16.7 Å². The van der Waals surface area contributed by atoms with E-state index >= 15 is 0 Å². The van der Waals surface area contributed by atoms with E-state index in [9.17, 15) is 9.59 Å². The minimum absolute atomic E-state index is 0.00349. The van der Waals surface area contributed by atoms with Crippen LogP contribution in [0.4, 0.5) is 5.69 Å². The number of hydrogen-bond donors (Lipinski definition) is 1. The molecular weight excluding hydrogens is 346 g/mol. The highest BCUT2D eigenvalue weighted by Gasteiger charge is 2.27. The molecule has 0 aliphatic carbocycles. The minimum Gasteiger partial charge on any atom is -0.488 e. The number of anilines is 1. The Kier molecular flexibility index (Phi) is 3.21. The Morgan fingerprint density at radius 1 is 0.852 bits per heavy atom. The second-order valence-corrected chi connectivity index (χ2v) is 6.26. The van der Waals surface area contributed by atoms with Crippen molar-refractivity contribution in [2.24, 2.45) is 0 Å². The molecule has 0 fully saturated rings. The highest BCUT2D eigenvalue weighted by molar-refractivity contribution is 5.87. The van der Waals surface area contributed by atoms with Crippen LogP contribution in [0.1, 0.15) is 5.56 Å². The largest absolute Gasteiger partial charge is 0.488 e. The molecule has 0 radical (unpaired) electrons. The molecule has 0 unspecified atom stereocenters. The van der Waals surface area contributed by atoms with E-state index < -0.39 is 11.3 Å². The predicted octanol–water partition coefficient (Wildman–Crippen LogP) is 3.55. The summed E-state index contributed by atoms with van der Waals surface area (Å²) < 4.78 is 16.6. The lowest BCUT2D eigenvalue weighted by Gasteiger charge is -2.21. The fourth-order valence-electron chi connectivity index (χ4n) is 3.37. The molecule has 1 aliphatic rings. The monoisotopic (exact) mass is 359 g/mol. The van der Waals surface area contributed by atoms with Crippen molar-refractivity contribution in [2.45, 2.75) is 6.61 Å².